The maximum atomic E-state index is 5.92. The average molecular weight is 439 g/mol. The molecule has 1 aliphatic rings. The van der Waals surface area contributed by atoms with E-state index in [2.05, 4.69) is 50.0 Å². The van der Waals surface area contributed by atoms with Crippen molar-refractivity contribution in [3.63, 3.8) is 0 Å². The molecular weight excluding hydrogens is 408 g/mol. The number of hydrogen-bond donors (Lipinski definition) is 0. The number of para-hydroxylation sites is 2. The lowest BCUT2D eigenvalue weighted by Gasteiger charge is -2.26. The second-order valence-electron chi connectivity index (χ2n) is 7.66. The van der Waals surface area contributed by atoms with E-state index in [9.17, 15) is 0 Å². The normalized spacial score (nSPS) is 14.5. The van der Waals surface area contributed by atoms with Crippen LogP contribution >= 0.6 is 11.8 Å². The molecule has 7 heteroatoms. The zero-order valence-corrected chi connectivity index (χ0v) is 18.9. The molecule has 31 heavy (non-hydrogen) atoms. The number of methoxy groups -OCH3 is 1. The van der Waals surface area contributed by atoms with E-state index < -0.39 is 0 Å². The molecule has 0 spiro atoms. The maximum Gasteiger partial charge on any atom is 0.191 e. The Bertz CT molecular complexity index is 942. The van der Waals surface area contributed by atoms with Crippen molar-refractivity contribution in [3.05, 3.63) is 66.0 Å². The Labute approximate surface area is 188 Å². The van der Waals surface area contributed by atoms with Crippen LogP contribution in [0, 0.1) is 0 Å². The summed E-state index contributed by atoms with van der Waals surface area (Å²) in [4.78, 5) is 2.49. The van der Waals surface area contributed by atoms with E-state index in [1.165, 1.54) is 24.8 Å². The first-order valence-corrected chi connectivity index (χ1v) is 11.9. The van der Waals surface area contributed by atoms with E-state index in [4.69, 9.17) is 9.47 Å². The van der Waals surface area contributed by atoms with Gasteiger partial charge in [0, 0.05) is 5.75 Å². The molecule has 3 aromatic rings. The summed E-state index contributed by atoms with van der Waals surface area (Å²) >= 11 is 1.69. The number of rotatable bonds is 10. The van der Waals surface area contributed by atoms with Gasteiger partial charge in [0.2, 0.25) is 0 Å². The third-order valence-corrected chi connectivity index (χ3v) is 6.36. The largest absolute Gasteiger partial charge is 0.493 e. The fraction of sp³-hybridized carbons (Fsp3) is 0.417. The molecule has 0 amide bonds. The SMILES string of the molecule is COc1ccccc1OCCSc1nnc(CN2CCCCC2)n1Cc1ccccc1. The number of nitrogens with zero attached hydrogens (tertiary/aromatic N) is 4. The molecule has 2 heterocycles. The summed E-state index contributed by atoms with van der Waals surface area (Å²) in [5.74, 6) is 3.35. The topological polar surface area (TPSA) is 52.4 Å². The summed E-state index contributed by atoms with van der Waals surface area (Å²) in [7, 11) is 1.66. The molecule has 1 aromatic heterocycles. The first-order valence-electron chi connectivity index (χ1n) is 10.9. The fourth-order valence-corrected chi connectivity index (χ4v) is 4.58. The predicted octanol–water partition coefficient (Wildman–Crippen LogP) is 4.49. The van der Waals surface area contributed by atoms with E-state index >= 15 is 0 Å². The lowest BCUT2D eigenvalue weighted by Crippen LogP contribution is -2.30. The van der Waals surface area contributed by atoms with Gasteiger partial charge in [0.25, 0.3) is 0 Å². The van der Waals surface area contributed by atoms with Crippen LogP contribution in [0.3, 0.4) is 0 Å². The second-order valence-corrected chi connectivity index (χ2v) is 8.72. The minimum atomic E-state index is 0.574. The first kappa shape index (κ1) is 21.7. The molecule has 0 radical (unpaired) electrons. The maximum absolute atomic E-state index is 5.92. The van der Waals surface area contributed by atoms with Crippen molar-refractivity contribution in [1.29, 1.82) is 0 Å². The number of ether oxygens (including phenoxy) is 2. The van der Waals surface area contributed by atoms with Crippen LogP contribution in [0.15, 0.2) is 59.8 Å². The number of piperidine rings is 1. The van der Waals surface area contributed by atoms with Crippen molar-refractivity contribution in [1.82, 2.24) is 19.7 Å². The Kier molecular flexibility index (Phi) is 7.85. The van der Waals surface area contributed by atoms with Crippen molar-refractivity contribution in [2.75, 3.05) is 32.6 Å². The van der Waals surface area contributed by atoms with Crippen molar-refractivity contribution in [2.24, 2.45) is 0 Å². The van der Waals surface area contributed by atoms with Gasteiger partial charge in [-0.1, -0.05) is 60.6 Å². The molecule has 0 saturated carbocycles. The van der Waals surface area contributed by atoms with Crippen LogP contribution in [-0.2, 0) is 13.1 Å². The molecule has 0 N–H and O–H groups in total. The number of likely N-dealkylation sites (tertiary alicyclic amines) is 1. The molecule has 1 fully saturated rings. The van der Waals surface area contributed by atoms with Crippen LogP contribution in [0.25, 0.3) is 0 Å². The van der Waals surface area contributed by atoms with Gasteiger partial charge in [-0.15, -0.1) is 10.2 Å². The highest BCUT2D eigenvalue weighted by molar-refractivity contribution is 7.99. The zero-order valence-electron chi connectivity index (χ0n) is 18.1. The van der Waals surface area contributed by atoms with Gasteiger partial charge in [0.05, 0.1) is 26.8 Å². The standard InChI is InChI=1S/C24H30N4O2S/c1-29-21-12-6-7-13-22(21)30-16-17-31-24-26-25-23(19-27-14-8-3-9-15-27)28(24)18-20-10-4-2-5-11-20/h2,4-7,10-13H,3,8-9,14-19H2,1H3. The van der Waals surface area contributed by atoms with E-state index in [0.29, 0.717) is 6.61 Å². The molecule has 2 aromatic carbocycles. The highest BCUT2D eigenvalue weighted by Crippen LogP contribution is 2.26. The van der Waals surface area contributed by atoms with Gasteiger partial charge in [-0.3, -0.25) is 4.90 Å². The molecule has 1 aliphatic heterocycles. The third kappa shape index (κ3) is 6.02. The molecule has 0 aliphatic carbocycles. The first-order chi connectivity index (χ1) is 15.3. The number of thioether (sulfide) groups is 1. The minimum absolute atomic E-state index is 0.574. The van der Waals surface area contributed by atoms with Crippen LogP contribution in [0.4, 0.5) is 0 Å². The fourth-order valence-electron chi connectivity index (χ4n) is 3.81. The Hall–Kier alpha value is -2.51. The van der Waals surface area contributed by atoms with Crippen molar-refractivity contribution in [2.45, 2.75) is 37.5 Å². The van der Waals surface area contributed by atoms with Crippen molar-refractivity contribution in [3.8, 4) is 11.5 Å². The summed E-state index contributed by atoms with van der Waals surface area (Å²) in [5.41, 5.74) is 1.26. The molecule has 0 atom stereocenters. The molecule has 0 unspecified atom stereocenters. The summed E-state index contributed by atoms with van der Waals surface area (Å²) in [6, 6.07) is 18.3. The molecule has 0 bridgehead atoms. The Morgan fingerprint density at radius 3 is 2.39 bits per heavy atom. The molecule has 1 saturated heterocycles. The lowest BCUT2D eigenvalue weighted by atomic mass is 10.1. The monoisotopic (exact) mass is 438 g/mol. The quantitative estimate of drug-likeness (QED) is 0.343. The number of aromatic nitrogens is 3. The van der Waals surface area contributed by atoms with E-state index in [1.807, 2.05) is 24.3 Å². The average Bonchev–Trinajstić information content (AvgIpc) is 3.19. The number of benzene rings is 2. The van der Waals surface area contributed by atoms with Gasteiger partial charge in [-0.2, -0.15) is 0 Å². The van der Waals surface area contributed by atoms with E-state index in [1.54, 1.807) is 18.9 Å². The summed E-state index contributed by atoms with van der Waals surface area (Å²) < 4.78 is 13.5. The van der Waals surface area contributed by atoms with Crippen LogP contribution in [-0.4, -0.2) is 52.2 Å². The summed E-state index contributed by atoms with van der Waals surface area (Å²) in [5, 5.41) is 10.0. The van der Waals surface area contributed by atoms with Crippen LogP contribution in [0.5, 0.6) is 11.5 Å². The van der Waals surface area contributed by atoms with Crippen LogP contribution < -0.4 is 9.47 Å². The van der Waals surface area contributed by atoms with Gasteiger partial charge in [0.15, 0.2) is 16.7 Å². The second kappa shape index (κ2) is 11.2. The molecular formula is C24H30N4O2S. The van der Waals surface area contributed by atoms with E-state index in [-0.39, 0.29) is 0 Å². The van der Waals surface area contributed by atoms with Gasteiger partial charge in [0.1, 0.15) is 5.82 Å². The Balaban J connectivity index is 1.41. The highest BCUT2D eigenvalue weighted by Gasteiger charge is 2.18. The summed E-state index contributed by atoms with van der Waals surface area (Å²) in [6.45, 7) is 4.51. The van der Waals surface area contributed by atoms with Gasteiger partial charge < -0.3 is 14.0 Å². The number of hydrogen-bond acceptors (Lipinski definition) is 6. The smallest absolute Gasteiger partial charge is 0.191 e. The molecule has 6 nitrogen and oxygen atoms in total. The highest BCUT2D eigenvalue weighted by atomic mass is 32.2. The zero-order chi connectivity index (χ0) is 21.3. The van der Waals surface area contributed by atoms with E-state index in [0.717, 1.165) is 54.4 Å². The van der Waals surface area contributed by atoms with Gasteiger partial charge >= 0.3 is 0 Å². The predicted molar refractivity (Wildman–Crippen MR) is 124 cm³/mol. The third-order valence-electron chi connectivity index (χ3n) is 5.43. The Morgan fingerprint density at radius 1 is 0.871 bits per heavy atom. The van der Waals surface area contributed by atoms with Crippen LogP contribution in [0.2, 0.25) is 0 Å². The van der Waals surface area contributed by atoms with Gasteiger partial charge in [-0.05, 0) is 43.6 Å². The minimum Gasteiger partial charge on any atom is -0.493 e. The van der Waals surface area contributed by atoms with Crippen LogP contribution in [0.1, 0.15) is 30.7 Å². The molecule has 164 valence electrons. The van der Waals surface area contributed by atoms with Crippen molar-refractivity contribution >= 4 is 11.8 Å². The van der Waals surface area contributed by atoms with Gasteiger partial charge in [-0.25, -0.2) is 0 Å². The van der Waals surface area contributed by atoms with Crippen molar-refractivity contribution < 1.29 is 9.47 Å². The lowest BCUT2D eigenvalue weighted by molar-refractivity contribution is 0.213. The molecule has 4 rings (SSSR count). The summed E-state index contributed by atoms with van der Waals surface area (Å²) in [6.07, 6.45) is 3.88. The Morgan fingerprint density at radius 2 is 1.61 bits per heavy atom.